The minimum absolute atomic E-state index is 0.113. The van der Waals surface area contributed by atoms with E-state index in [0.29, 0.717) is 24.6 Å². The number of aliphatic imine (C=N–C) groups is 1. The first-order valence-electron chi connectivity index (χ1n) is 8.31. The van der Waals surface area contributed by atoms with Crippen LogP contribution in [0.1, 0.15) is 29.8 Å². The van der Waals surface area contributed by atoms with E-state index in [0.717, 1.165) is 18.2 Å². The highest BCUT2D eigenvalue weighted by Crippen LogP contribution is 2.06. The van der Waals surface area contributed by atoms with Crippen molar-refractivity contribution in [1.82, 2.24) is 20.7 Å². The molecular weight excluding hydrogens is 354 g/mol. The van der Waals surface area contributed by atoms with Crippen molar-refractivity contribution in [2.24, 2.45) is 4.99 Å². The van der Waals surface area contributed by atoms with Crippen molar-refractivity contribution in [1.29, 1.82) is 0 Å². The maximum Gasteiger partial charge on any atom is 0.251 e. The number of hydrogen-bond acceptors (Lipinski definition) is 4. The molecule has 26 heavy (non-hydrogen) atoms. The molecule has 146 valence electrons. The molecule has 0 saturated carbocycles. The van der Waals surface area contributed by atoms with Crippen LogP contribution in [0.15, 0.2) is 29.3 Å². The predicted octanol–water partition coefficient (Wildman–Crippen LogP) is 0.0815. The van der Waals surface area contributed by atoms with Crippen molar-refractivity contribution in [3.63, 3.8) is 0 Å². The number of nitrogens with zero attached hydrogens (tertiary/aromatic N) is 1. The van der Waals surface area contributed by atoms with Gasteiger partial charge in [-0.2, -0.15) is 0 Å². The van der Waals surface area contributed by atoms with Crippen LogP contribution in [-0.2, 0) is 16.4 Å². The van der Waals surface area contributed by atoms with Gasteiger partial charge in [-0.25, -0.2) is 13.1 Å². The molecule has 9 heteroatoms. The molecule has 0 fully saturated rings. The minimum atomic E-state index is -3.29. The molecule has 0 aromatic heterocycles. The summed E-state index contributed by atoms with van der Waals surface area (Å²) < 4.78 is 25.3. The van der Waals surface area contributed by atoms with Crippen molar-refractivity contribution < 1.29 is 13.2 Å². The number of rotatable bonds is 8. The van der Waals surface area contributed by atoms with Crippen LogP contribution in [0.4, 0.5) is 0 Å². The topological polar surface area (TPSA) is 112 Å². The number of sulfonamides is 1. The molecule has 1 amide bonds. The van der Waals surface area contributed by atoms with Crippen LogP contribution >= 0.6 is 0 Å². The lowest BCUT2D eigenvalue weighted by atomic mass is 10.1. The molecule has 1 aromatic carbocycles. The molecule has 0 radical (unpaired) electrons. The van der Waals surface area contributed by atoms with E-state index in [1.165, 1.54) is 0 Å². The third-order valence-electron chi connectivity index (χ3n) is 3.51. The van der Waals surface area contributed by atoms with Crippen LogP contribution in [0.3, 0.4) is 0 Å². The van der Waals surface area contributed by atoms with E-state index in [4.69, 9.17) is 0 Å². The second-order valence-corrected chi connectivity index (χ2v) is 8.39. The Balaban J connectivity index is 2.52. The van der Waals surface area contributed by atoms with Crippen LogP contribution < -0.4 is 20.7 Å². The minimum Gasteiger partial charge on any atom is -0.356 e. The van der Waals surface area contributed by atoms with Gasteiger partial charge in [-0.05, 0) is 38.0 Å². The quantitative estimate of drug-likeness (QED) is 0.375. The highest BCUT2D eigenvalue weighted by atomic mass is 32.2. The number of carbonyl (C=O) groups is 1. The van der Waals surface area contributed by atoms with Gasteiger partial charge < -0.3 is 16.0 Å². The first-order valence-corrected chi connectivity index (χ1v) is 10.2. The lowest BCUT2D eigenvalue weighted by molar-refractivity contribution is 0.0963. The number of amides is 1. The Hall–Kier alpha value is -2.13. The molecule has 0 unspecified atom stereocenters. The fraction of sp³-hybridized carbons (Fsp3) is 0.529. The number of benzene rings is 1. The fourth-order valence-electron chi connectivity index (χ4n) is 2.40. The Labute approximate surface area is 155 Å². The van der Waals surface area contributed by atoms with Crippen LogP contribution in [0.2, 0.25) is 0 Å². The normalized spacial score (nSPS) is 12.6. The highest BCUT2D eigenvalue weighted by Gasteiger charge is 2.22. The molecule has 0 heterocycles. The van der Waals surface area contributed by atoms with Gasteiger partial charge in [0.1, 0.15) is 0 Å². The third kappa shape index (κ3) is 8.30. The second-order valence-electron chi connectivity index (χ2n) is 6.64. The smallest absolute Gasteiger partial charge is 0.251 e. The first kappa shape index (κ1) is 21.9. The van der Waals surface area contributed by atoms with Gasteiger partial charge in [0.2, 0.25) is 10.0 Å². The first-order chi connectivity index (χ1) is 12.1. The van der Waals surface area contributed by atoms with E-state index < -0.39 is 15.6 Å². The summed E-state index contributed by atoms with van der Waals surface area (Å²) in [6.45, 7) is 4.58. The summed E-state index contributed by atoms with van der Waals surface area (Å²) in [6.07, 6.45) is 1.85. The van der Waals surface area contributed by atoms with E-state index >= 15 is 0 Å². The van der Waals surface area contributed by atoms with Crippen molar-refractivity contribution in [2.75, 3.05) is 33.4 Å². The summed E-state index contributed by atoms with van der Waals surface area (Å²) in [7, 11) is -0.0309. The Morgan fingerprint density at radius 3 is 2.50 bits per heavy atom. The van der Waals surface area contributed by atoms with E-state index in [1.54, 1.807) is 34.0 Å². The molecule has 0 aliphatic rings. The Morgan fingerprint density at radius 1 is 1.23 bits per heavy atom. The molecule has 0 atom stereocenters. The fourth-order valence-corrected chi connectivity index (χ4v) is 3.48. The van der Waals surface area contributed by atoms with Crippen LogP contribution in [0.25, 0.3) is 0 Å². The van der Waals surface area contributed by atoms with Gasteiger partial charge in [-0.3, -0.25) is 9.79 Å². The molecular formula is C17H29N5O3S. The average molecular weight is 384 g/mol. The van der Waals surface area contributed by atoms with Crippen LogP contribution in [-0.4, -0.2) is 59.3 Å². The van der Waals surface area contributed by atoms with E-state index in [-0.39, 0.29) is 5.91 Å². The maximum absolute atomic E-state index is 11.7. The zero-order valence-electron chi connectivity index (χ0n) is 16.0. The van der Waals surface area contributed by atoms with Crippen LogP contribution in [0, 0.1) is 0 Å². The Kier molecular flexibility index (Phi) is 8.04. The average Bonchev–Trinajstić information content (AvgIpc) is 2.55. The van der Waals surface area contributed by atoms with Gasteiger partial charge in [0.15, 0.2) is 5.96 Å². The molecule has 0 spiro atoms. The standard InChI is InChI=1S/C17H29N5O3S/c1-17(2,22-26(5,24)25)12-21-16(19-4)20-10-9-13-7-6-8-14(11-13)15(23)18-3/h6-8,11,22H,9-10,12H2,1-5H3,(H,18,23)(H2,19,20,21). The van der Waals surface area contributed by atoms with E-state index in [1.807, 2.05) is 18.2 Å². The van der Waals surface area contributed by atoms with Crippen LogP contribution in [0.5, 0.6) is 0 Å². The molecule has 4 N–H and O–H groups in total. The number of carbonyl (C=O) groups excluding carboxylic acids is 1. The van der Waals surface area contributed by atoms with E-state index in [2.05, 4.69) is 25.7 Å². The van der Waals surface area contributed by atoms with Crippen molar-refractivity contribution in [2.45, 2.75) is 25.8 Å². The second kappa shape index (κ2) is 9.54. The molecule has 0 aliphatic heterocycles. The molecule has 8 nitrogen and oxygen atoms in total. The monoisotopic (exact) mass is 383 g/mol. The van der Waals surface area contributed by atoms with Gasteiger partial charge in [0.25, 0.3) is 5.91 Å². The van der Waals surface area contributed by atoms with Crippen molar-refractivity contribution >= 4 is 21.9 Å². The largest absolute Gasteiger partial charge is 0.356 e. The summed E-state index contributed by atoms with van der Waals surface area (Å²) in [5.41, 5.74) is 1.02. The maximum atomic E-state index is 11.7. The van der Waals surface area contributed by atoms with Crippen molar-refractivity contribution in [3.05, 3.63) is 35.4 Å². The highest BCUT2D eigenvalue weighted by molar-refractivity contribution is 7.88. The molecule has 1 rings (SSSR count). The number of nitrogens with one attached hydrogen (secondary N) is 4. The Morgan fingerprint density at radius 2 is 1.92 bits per heavy atom. The zero-order valence-corrected chi connectivity index (χ0v) is 16.8. The molecule has 1 aromatic rings. The molecule has 0 aliphatic carbocycles. The summed E-state index contributed by atoms with van der Waals surface area (Å²) in [5, 5.41) is 8.89. The van der Waals surface area contributed by atoms with Gasteiger partial charge in [-0.15, -0.1) is 0 Å². The molecule has 0 bridgehead atoms. The van der Waals surface area contributed by atoms with E-state index in [9.17, 15) is 13.2 Å². The SMILES string of the molecule is CN=C(NCCc1cccc(C(=O)NC)c1)NCC(C)(C)NS(C)(=O)=O. The van der Waals surface area contributed by atoms with Gasteiger partial charge >= 0.3 is 0 Å². The number of hydrogen-bond donors (Lipinski definition) is 4. The summed E-state index contributed by atoms with van der Waals surface area (Å²) in [5.74, 6) is 0.466. The zero-order chi connectivity index (χ0) is 19.8. The summed E-state index contributed by atoms with van der Waals surface area (Å²) in [6, 6.07) is 7.44. The number of guanidine groups is 1. The predicted molar refractivity (Wildman–Crippen MR) is 105 cm³/mol. The van der Waals surface area contributed by atoms with Gasteiger partial charge in [0.05, 0.1) is 6.26 Å². The summed E-state index contributed by atoms with van der Waals surface area (Å²) in [4.78, 5) is 15.8. The lowest BCUT2D eigenvalue weighted by Gasteiger charge is -2.26. The summed E-state index contributed by atoms with van der Waals surface area (Å²) >= 11 is 0. The van der Waals surface area contributed by atoms with Gasteiger partial charge in [-0.1, -0.05) is 12.1 Å². The Bertz CT molecular complexity index is 745. The lowest BCUT2D eigenvalue weighted by Crippen LogP contribution is -2.53. The van der Waals surface area contributed by atoms with Gasteiger partial charge in [0, 0.05) is 38.3 Å². The van der Waals surface area contributed by atoms with Crippen molar-refractivity contribution in [3.8, 4) is 0 Å². The third-order valence-corrected chi connectivity index (χ3v) is 4.43. The molecule has 0 saturated heterocycles.